The van der Waals surface area contributed by atoms with Crippen molar-refractivity contribution in [3.05, 3.63) is 65.4 Å². The molecule has 14 heteroatoms. The van der Waals surface area contributed by atoms with E-state index in [1.165, 1.54) is 36.0 Å². The maximum atomic E-state index is 15.5. The Bertz CT molecular complexity index is 1540. The van der Waals surface area contributed by atoms with Gasteiger partial charge in [0, 0.05) is 30.6 Å². The predicted octanol–water partition coefficient (Wildman–Crippen LogP) is 3.59. The minimum absolute atomic E-state index is 0.0753. The average molecular weight is 571 g/mol. The Balaban J connectivity index is 1.52. The van der Waals surface area contributed by atoms with E-state index in [9.17, 15) is 19.4 Å². The summed E-state index contributed by atoms with van der Waals surface area (Å²) in [4.78, 5) is 23.5. The van der Waals surface area contributed by atoms with Gasteiger partial charge in [-0.25, -0.2) is 14.2 Å². The number of carboxylic acids is 1. The van der Waals surface area contributed by atoms with E-state index < -0.39 is 35.3 Å². The van der Waals surface area contributed by atoms with Crippen molar-refractivity contribution in [1.29, 1.82) is 5.41 Å². The van der Waals surface area contributed by atoms with Gasteiger partial charge in [-0.15, -0.1) is 11.8 Å². The molecule has 0 amide bonds. The van der Waals surface area contributed by atoms with Crippen LogP contribution in [-0.2, 0) is 4.79 Å². The summed E-state index contributed by atoms with van der Waals surface area (Å²) in [7, 11) is 1.81. The lowest BCUT2D eigenvalue weighted by Gasteiger charge is -2.25. The van der Waals surface area contributed by atoms with E-state index in [1.807, 2.05) is 11.9 Å². The number of nitrogens with one attached hydrogen (secondary N) is 1. The number of nitrogens with zero attached hydrogens (tertiary/aromatic N) is 4. The second kappa shape index (κ2) is 10.9. The van der Waals surface area contributed by atoms with Crippen LogP contribution in [0.4, 0.5) is 14.5 Å². The number of hydrogen-bond acceptors (Lipinski definition) is 10. The lowest BCUT2D eigenvalue weighted by atomic mass is 10.1. The quantitative estimate of drug-likeness (QED) is 0.233. The van der Waals surface area contributed by atoms with Gasteiger partial charge in [-0.05, 0) is 36.4 Å². The third-order valence-electron chi connectivity index (χ3n) is 6.35. The summed E-state index contributed by atoms with van der Waals surface area (Å²) in [5.41, 5.74) is 6.70. The highest BCUT2D eigenvalue weighted by Crippen LogP contribution is 2.39. The fourth-order valence-corrected chi connectivity index (χ4v) is 5.44. The van der Waals surface area contributed by atoms with Crippen LogP contribution in [0.2, 0.25) is 0 Å². The van der Waals surface area contributed by atoms with Crippen molar-refractivity contribution in [2.45, 2.75) is 6.04 Å². The molecule has 11 nitrogen and oxygen atoms in total. The first-order chi connectivity index (χ1) is 19.1. The average Bonchev–Trinajstić information content (AvgIpc) is 3.59. The molecule has 5 rings (SSSR count). The van der Waals surface area contributed by atoms with Crippen LogP contribution in [0.5, 0.6) is 28.9 Å². The molecule has 0 aliphatic carbocycles. The van der Waals surface area contributed by atoms with Crippen molar-refractivity contribution in [2.24, 2.45) is 10.7 Å². The molecular weight excluding hydrogens is 546 g/mol. The van der Waals surface area contributed by atoms with Crippen LogP contribution in [-0.4, -0.2) is 75.5 Å². The molecule has 3 heterocycles. The van der Waals surface area contributed by atoms with Crippen LogP contribution in [0.15, 0.2) is 47.6 Å². The highest BCUT2D eigenvalue weighted by atomic mass is 32.2. The van der Waals surface area contributed by atoms with Crippen LogP contribution in [0.25, 0.3) is 0 Å². The van der Waals surface area contributed by atoms with Gasteiger partial charge in [-0.3, -0.25) is 10.4 Å². The molecule has 1 atom stereocenters. The molecule has 0 spiro atoms. The number of aromatic hydroxyl groups is 1. The molecule has 40 heavy (non-hydrogen) atoms. The number of aliphatic imine (C=N–C) groups is 1. The number of phenolic OH excluding ortho intramolecular Hbond substituents is 1. The molecule has 1 saturated heterocycles. The molecule has 5 N–H and O–H groups in total. The van der Waals surface area contributed by atoms with Crippen molar-refractivity contribution in [3.8, 4) is 28.9 Å². The molecule has 1 unspecified atom stereocenters. The van der Waals surface area contributed by atoms with Crippen LogP contribution in [0, 0.1) is 17.0 Å². The molecule has 3 aromatic rings. The number of amidine groups is 2. The van der Waals surface area contributed by atoms with E-state index in [0.717, 1.165) is 0 Å². The second-order valence-electron chi connectivity index (χ2n) is 8.99. The van der Waals surface area contributed by atoms with Gasteiger partial charge in [-0.2, -0.15) is 4.39 Å². The number of nitrogens with two attached hydrogens (primary N) is 1. The molecule has 1 aromatic heterocycles. The van der Waals surface area contributed by atoms with Crippen molar-refractivity contribution in [1.82, 2.24) is 9.88 Å². The first-order valence-corrected chi connectivity index (χ1v) is 13.1. The van der Waals surface area contributed by atoms with Gasteiger partial charge in [0.15, 0.2) is 17.3 Å². The third-order valence-corrected chi connectivity index (χ3v) is 7.36. The number of aromatic nitrogens is 1. The number of phenols is 1. The number of nitrogen functional groups attached to an aromatic ring is 1. The van der Waals surface area contributed by atoms with Gasteiger partial charge in [-0.1, -0.05) is 0 Å². The highest BCUT2D eigenvalue weighted by molar-refractivity contribution is 7.99. The van der Waals surface area contributed by atoms with Crippen LogP contribution < -0.4 is 20.1 Å². The van der Waals surface area contributed by atoms with Gasteiger partial charge in [0.1, 0.15) is 23.5 Å². The largest absolute Gasteiger partial charge is 0.504 e. The number of pyridine rings is 1. The minimum Gasteiger partial charge on any atom is -0.504 e. The predicted molar refractivity (Wildman–Crippen MR) is 145 cm³/mol. The zero-order valence-electron chi connectivity index (χ0n) is 21.1. The van der Waals surface area contributed by atoms with Crippen molar-refractivity contribution in [3.63, 3.8) is 0 Å². The second-order valence-corrected chi connectivity index (χ2v) is 9.99. The minimum atomic E-state index is -1.27. The van der Waals surface area contributed by atoms with E-state index in [0.29, 0.717) is 48.0 Å². The Morgan fingerprint density at radius 3 is 2.70 bits per heavy atom. The molecule has 0 saturated carbocycles. The number of rotatable bonds is 8. The van der Waals surface area contributed by atoms with Gasteiger partial charge in [0.05, 0.1) is 24.2 Å². The first kappa shape index (κ1) is 27.0. The Morgan fingerprint density at radius 1 is 1.20 bits per heavy atom. The number of hydrogen-bond donors (Lipinski definition) is 4. The SMILES string of the molecule is CN1CCN=C1c1cc(N2CSCC2C(=O)O)ccc1Oc1c(F)cnc(Oc2cc(C(=N)N)ccc2O)c1F. The number of aliphatic carboxylic acids is 1. The van der Waals surface area contributed by atoms with E-state index in [4.69, 9.17) is 20.6 Å². The highest BCUT2D eigenvalue weighted by Gasteiger charge is 2.32. The maximum absolute atomic E-state index is 15.5. The lowest BCUT2D eigenvalue weighted by molar-refractivity contribution is -0.137. The van der Waals surface area contributed by atoms with E-state index in [2.05, 4.69) is 9.98 Å². The Hall–Kier alpha value is -4.59. The van der Waals surface area contributed by atoms with E-state index in [-0.39, 0.29) is 28.6 Å². The van der Waals surface area contributed by atoms with Gasteiger partial charge < -0.3 is 35.2 Å². The van der Waals surface area contributed by atoms with Gasteiger partial charge in [0.25, 0.3) is 5.88 Å². The number of likely N-dealkylation sites (N-methyl/N-ethyl adjacent to an activating group) is 1. The Labute approximate surface area is 231 Å². The zero-order valence-corrected chi connectivity index (χ0v) is 21.9. The molecule has 2 aromatic carbocycles. The number of thioether (sulfide) groups is 1. The van der Waals surface area contributed by atoms with Crippen LogP contribution in [0.1, 0.15) is 11.1 Å². The van der Waals surface area contributed by atoms with Crippen molar-refractivity contribution >= 4 is 35.1 Å². The summed E-state index contributed by atoms with van der Waals surface area (Å²) in [6.07, 6.45) is 0.714. The fourth-order valence-electron chi connectivity index (χ4n) is 4.26. The monoisotopic (exact) mass is 570 g/mol. The number of carbonyl (C=O) groups is 1. The molecular formula is C26H24F2N6O5S. The smallest absolute Gasteiger partial charge is 0.327 e. The summed E-state index contributed by atoms with van der Waals surface area (Å²) in [5.74, 6) is -4.26. The molecule has 2 aliphatic heterocycles. The Morgan fingerprint density at radius 2 is 2.00 bits per heavy atom. The molecule has 1 fully saturated rings. The third kappa shape index (κ3) is 5.17. The van der Waals surface area contributed by atoms with E-state index in [1.54, 1.807) is 17.0 Å². The van der Waals surface area contributed by atoms with Crippen LogP contribution in [0.3, 0.4) is 0 Å². The first-order valence-electron chi connectivity index (χ1n) is 12.0. The van der Waals surface area contributed by atoms with Crippen molar-refractivity contribution < 1.29 is 33.3 Å². The number of halogens is 2. The number of ether oxygens (including phenoxy) is 2. The number of carboxylic acid groups (broad SMARTS) is 1. The molecule has 2 aliphatic rings. The normalized spacial score (nSPS) is 16.7. The molecule has 208 valence electrons. The van der Waals surface area contributed by atoms with E-state index >= 15 is 4.39 Å². The summed E-state index contributed by atoms with van der Waals surface area (Å²) in [6, 6.07) is 7.90. The van der Waals surface area contributed by atoms with Crippen LogP contribution >= 0.6 is 11.8 Å². The summed E-state index contributed by atoms with van der Waals surface area (Å²) < 4.78 is 41.5. The van der Waals surface area contributed by atoms with Gasteiger partial charge in [0.2, 0.25) is 11.6 Å². The Kier molecular flexibility index (Phi) is 7.34. The summed E-state index contributed by atoms with van der Waals surface area (Å²) >= 11 is 1.49. The zero-order chi connectivity index (χ0) is 28.6. The standard InChI is InChI=1S/C26H24F2N6O5S/c1-33-7-6-31-24(33)15-9-14(34-12-40-11-17(34)26(36)37)3-5-19(15)38-22-16(27)10-32-25(21(22)28)39-20-8-13(23(29)30)2-4-18(20)35/h2-5,8-10,17,35H,6-7,11-12H2,1H3,(H3,29,30)(H,36,37). The number of anilines is 1. The molecule has 0 radical (unpaired) electrons. The topological polar surface area (TPSA) is 158 Å². The lowest BCUT2D eigenvalue weighted by Crippen LogP contribution is -2.37. The maximum Gasteiger partial charge on any atom is 0.327 e. The molecule has 0 bridgehead atoms. The van der Waals surface area contributed by atoms with Crippen molar-refractivity contribution in [2.75, 3.05) is 36.7 Å². The number of benzene rings is 2. The summed E-state index contributed by atoms with van der Waals surface area (Å²) in [6.45, 7) is 1.13. The van der Waals surface area contributed by atoms with Gasteiger partial charge >= 0.3 is 5.97 Å². The summed E-state index contributed by atoms with van der Waals surface area (Å²) in [5, 5.41) is 27.3. The fraction of sp³-hybridized carbons (Fsp3) is 0.231.